The molecule has 3 unspecified atom stereocenters. The number of esters is 3. The van der Waals surface area contributed by atoms with Gasteiger partial charge in [0.05, 0.1) is 19.8 Å². The van der Waals surface area contributed by atoms with Crippen molar-refractivity contribution in [2.24, 2.45) is 23.5 Å². The number of carboxylic acid groups (broad SMARTS) is 2. The summed E-state index contributed by atoms with van der Waals surface area (Å²) in [6.45, 7) is 10.6. The summed E-state index contributed by atoms with van der Waals surface area (Å²) in [6.07, 6.45) is 0.304. The Bertz CT molecular complexity index is 1810. The van der Waals surface area contributed by atoms with E-state index in [4.69, 9.17) is 45.5 Å². The predicted octanol–water partition coefficient (Wildman–Crippen LogP) is 4.03. The first-order chi connectivity index (χ1) is 30.2. The molecule has 9 N–H and O–H groups in total. The second kappa shape index (κ2) is 30.0. The van der Waals surface area contributed by atoms with Crippen molar-refractivity contribution >= 4 is 41.7 Å². The van der Waals surface area contributed by atoms with Gasteiger partial charge < -0.3 is 56.1 Å². The van der Waals surface area contributed by atoms with E-state index in [9.17, 15) is 33.6 Å². The van der Waals surface area contributed by atoms with Gasteiger partial charge in [0.2, 0.25) is 11.8 Å². The van der Waals surface area contributed by atoms with E-state index in [1.807, 2.05) is 13.8 Å². The number of carbonyl (C=O) groups is 7. The molecule has 0 aliphatic heterocycles. The molecule has 2 amide bonds. The van der Waals surface area contributed by atoms with Crippen molar-refractivity contribution in [1.29, 1.82) is 0 Å². The number of hydrogen-bond donors (Lipinski definition) is 8. The molecule has 18 heteroatoms. The standard InChI is InChI=1S/C29H38N2O8.C12H17NO3.C5H8O4/c1-18(2)26(28(36)38-22-12-8-20(16-32)9-13-22)30-24(34)6-5-7-25(35)31-27(19(3)4)29(37)39-23-14-10-21(17-33)11-15-23;1-8(2)11(13)12(15)16-10-5-3-9(7-14)4-6-10;6-4(7)2-1-3-5(8)9/h8-15,18-19,26-27,32-33H,5-7,16-17H2,1-4H3,(H,30,34)(H,31,35);3-6,8,11,14H,7,13H2,1-2H3;1-3H2,(H,6,7)(H,8,9). The minimum atomic E-state index is -0.948. The Morgan fingerprint density at radius 1 is 0.469 bits per heavy atom. The van der Waals surface area contributed by atoms with Crippen LogP contribution in [0.15, 0.2) is 72.8 Å². The number of benzene rings is 3. The van der Waals surface area contributed by atoms with Gasteiger partial charge in [-0.3, -0.25) is 19.2 Å². The van der Waals surface area contributed by atoms with Crippen LogP contribution in [0.25, 0.3) is 0 Å². The molecule has 0 spiro atoms. The molecular weight excluding hydrogens is 835 g/mol. The number of carbonyl (C=O) groups excluding carboxylic acids is 5. The van der Waals surface area contributed by atoms with Gasteiger partial charge in [-0.1, -0.05) is 77.9 Å². The minimum absolute atomic E-state index is 0.00309. The Morgan fingerprint density at radius 3 is 1.00 bits per heavy atom. The molecule has 0 radical (unpaired) electrons. The highest BCUT2D eigenvalue weighted by Crippen LogP contribution is 2.17. The number of nitrogens with one attached hydrogen (secondary N) is 2. The summed E-state index contributed by atoms with van der Waals surface area (Å²) in [7, 11) is 0. The molecule has 3 atom stereocenters. The van der Waals surface area contributed by atoms with Gasteiger partial charge in [-0.2, -0.15) is 0 Å². The number of ether oxygens (including phenoxy) is 3. The van der Waals surface area contributed by atoms with E-state index < -0.39 is 59.8 Å². The van der Waals surface area contributed by atoms with Gasteiger partial charge in [-0.05, 0) is 83.7 Å². The van der Waals surface area contributed by atoms with E-state index in [2.05, 4.69) is 10.6 Å². The van der Waals surface area contributed by atoms with Crippen LogP contribution in [-0.4, -0.2) is 85.3 Å². The zero-order valence-electron chi connectivity index (χ0n) is 37.2. The number of aliphatic hydroxyl groups excluding tert-OH is 3. The second-order valence-electron chi connectivity index (χ2n) is 15.5. The van der Waals surface area contributed by atoms with Crippen LogP contribution in [0.4, 0.5) is 0 Å². The van der Waals surface area contributed by atoms with Crippen LogP contribution in [-0.2, 0) is 53.4 Å². The lowest BCUT2D eigenvalue weighted by molar-refractivity contribution is -0.141. The normalized spacial score (nSPS) is 12.0. The van der Waals surface area contributed by atoms with Crippen LogP contribution in [0.1, 0.15) is 96.8 Å². The first-order valence-corrected chi connectivity index (χ1v) is 20.7. The maximum absolute atomic E-state index is 12.6. The van der Waals surface area contributed by atoms with E-state index in [1.165, 1.54) is 0 Å². The molecule has 352 valence electrons. The van der Waals surface area contributed by atoms with Crippen molar-refractivity contribution in [2.75, 3.05) is 0 Å². The summed E-state index contributed by atoms with van der Waals surface area (Å²) in [5, 5.41) is 48.5. The van der Waals surface area contributed by atoms with Crippen LogP contribution >= 0.6 is 0 Å². The van der Waals surface area contributed by atoms with Gasteiger partial charge in [0.25, 0.3) is 0 Å². The van der Waals surface area contributed by atoms with Gasteiger partial charge in [0.15, 0.2) is 0 Å². The SMILES string of the molecule is CC(C)C(N)C(=O)Oc1ccc(CO)cc1.CC(C)C(NC(=O)CCCC(=O)NC(C(=O)Oc1ccc(CO)cc1)C(C)C)C(=O)Oc1ccc(CO)cc1.O=C(O)CCCC(=O)O. The number of amides is 2. The van der Waals surface area contributed by atoms with Crippen LogP contribution < -0.4 is 30.6 Å². The fourth-order valence-corrected chi connectivity index (χ4v) is 5.09. The zero-order valence-corrected chi connectivity index (χ0v) is 37.2. The highest BCUT2D eigenvalue weighted by Gasteiger charge is 2.28. The fourth-order valence-electron chi connectivity index (χ4n) is 5.09. The molecule has 0 bridgehead atoms. The number of carboxylic acids is 2. The van der Waals surface area contributed by atoms with E-state index in [-0.39, 0.29) is 76.1 Å². The molecule has 3 aromatic rings. The van der Waals surface area contributed by atoms with E-state index in [0.717, 1.165) is 5.56 Å². The van der Waals surface area contributed by atoms with E-state index >= 15 is 0 Å². The van der Waals surface area contributed by atoms with Crippen LogP contribution in [0.5, 0.6) is 17.2 Å². The fraction of sp³-hybridized carbons (Fsp3) is 0.457. The average Bonchev–Trinajstić information content (AvgIpc) is 3.25. The first kappa shape index (κ1) is 55.8. The lowest BCUT2D eigenvalue weighted by Gasteiger charge is -2.21. The Hall–Kier alpha value is -6.21. The lowest BCUT2D eigenvalue weighted by atomic mass is 10.0. The van der Waals surface area contributed by atoms with Crippen LogP contribution in [0.3, 0.4) is 0 Å². The van der Waals surface area contributed by atoms with Crippen molar-refractivity contribution in [1.82, 2.24) is 10.6 Å². The van der Waals surface area contributed by atoms with Gasteiger partial charge in [0, 0.05) is 25.7 Å². The summed E-state index contributed by atoms with van der Waals surface area (Å²) in [5.74, 6) is -3.75. The smallest absolute Gasteiger partial charge is 0.334 e. The Labute approximate surface area is 373 Å². The van der Waals surface area contributed by atoms with Crippen molar-refractivity contribution in [3.8, 4) is 17.2 Å². The number of aliphatic hydroxyl groups is 3. The largest absolute Gasteiger partial charge is 0.481 e. The van der Waals surface area contributed by atoms with Crippen molar-refractivity contribution < 1.29 is 73.3 Å². The van der Waals surface area contributed by atoms with Crippen molar-refractivity contribution in [2.45, 2.75) is 118 Å². The molecule has 3 aromatic carbocycles. The molecule has 0 fully saturated rings. The molecule has 0 aliphatic rings. The zero-order chi connectivity index (χ0) is 48.4. The second-order valence-corrected chi connectivity index (χ2v) is 15.5. The first-order valence-electron chi connectivity index (χ1n) is 20.7. The quantitative estimate of drug-likeness (QED) is 0.0522. The van der Waals surface area contributed by atoms with E-state index in [0.29, 0.717) is 28.4 Å². The molecule has 0 aromatic heterocycles. The number of nitrogens with two attached hydrogens (primary N) is 1. The van der Waals surface area contributed by atoms with Crippen molar-refractivity contribution in [3.05, 3.63) is 89.5 Å². The Morgan fingerprint density at radius 2 is 0.750 bits per heavy atom. The lowest BCUT2D eigenvalue weighted by Crippen LogP contribution is -2.47. The highest BCUT2D eigenvalue weighted by molar-refractivity contribution is 5.87. The molecule has 0 heterocycles. The molecular formula is C46H63N3O15. The van der Waals surface area contributed by atoms with Crippen LogP contribution in [0.2, 0.25) is 0 Å². The maximum atomic E-state index is 12.6. The van der Waals surface area contributed by atoms with Gasteiger partial charge >= 0.3 is 29.8 Å². The van der Waals surface area contributed by atoms with Gasteiger partial charge in [0.1, 0.15) is 35.4 Å². The van der Waals surface area contributed by atoms with Crippen LogP contribution in [0, 0.1) is 17.8 Å². The summed E-state index contributed by atoms with van der Waals surface area (Å²) in [6, 6.07) is 17.1. The molecule has 0 saturated heterocycles. The molecule has 3 rings (SSSR count). The van der Waals surface area contributed by atoms with Crippen molar-refractivity contribution in [3.63, 3.8) is 0 Å². The van der Waals surface area contributed by atoms with Gasteiger partial charge in [-0.15, -0.1) is 0 Å². The number of aliphatic carboxylic acids is 2. The third-order valence-electron chi connectivity index (χ3n) is 9.03. The number of rotatable bonds is 22. The van der Waals surface area contributed by atoms with E-state index in [1.54, 1.807) is 100 Å². The van der Waals surface area contributed by atoms with Gasteiger partial charge in [-0.25, -0.2) is 14.4 Å². The summed E-state index contributed by atoms with van der Waals surface area (Å²) >= 11 is 0. The Kier molecular flexibility index (Phi) is 26.1. The summed E-state index contributed by atoms with van der Waals surface area (Å²) < 4.78 is 15.8. The third-order valence-corrected chi connectivity index (χ3v) is 9.03. The Balaban J connectivity index is 0.000000665. The maximum Gasteiger partial charge on any atom is 0.334 e. The summed E-state index contributed by atoms with van der Waals surface area (Å²) in [4.78, 5) is 81.4. The molecule has 18 nitrogen and oxygen atoms in total. The predicted molar refractivity (Wildman–Crippen MR) is 233 cm³/mol. The molecule has 64 heavy (non-hydrogen) atoms. The average molecular weight is 898 g/mol. The molecule has 0 aliphatic carbocycles. The number of hydrogen-bond acceptors (Lipinski definition) is 14. The highest BCUT2D eigenvalue weighted by atomic mass is 16.5. The third kappa shape index (κ3) is 22.8. The monoisotopic (exact) mass is 897 g/mol. The molecule has 0 saturated carbocycles. The summed E-state index contributed by atoms with van der Waals surface area (Å²) in [5.41, 5.74) is 7.78. The topological polar surface area (TPSA) is 298 Å². The minimum Gasteiger partial charge on any atom is -0.481 e.